The molecule has 2 amide bonds. The number of halogens is 1. The molecule has 3 atom stereocenters. The van der Waals surface area contributed by atoms with Crippen molar-refractivity contribution in [3.05, 3.63) is 59.9 Å². The number of hydrogen-bond donors (Lipinski definition) is 2. The van der Waals surface area contributed by atoms with Crippen LogP contribution in [0.1, 0.15) is 25.3 Å². The van der Waals surface area contributed by atoms with E-state index in [4.69, 9.17) is 0 Å². The zero-order valence-electron chi connectivity index (χ0n) is 15.4. The number of benzene rings is 2. The summed E-state index contributed by atoms with van der Waals surface area (Å²) in [6, 6.07) is 13.5. The third-order valence-electron chi connectivity index (χ3n) is 5.13. The minimum Gasteiger partial charge on any atom is -0.394 e. The number of rotatable bonds is 5. The Hall–Kier alpha value is -2.73. The molecule has 0 spiro atoms. The van der Waals surface area contributed by atoms with Crippen molar-refractivity contribution in [2.75, 3.05) is 13.2 Å². The molecule has 1 aliphatic heterocycles. The van der Waals surface area contributed by atoms with Crippen LogP contribution in [0.15, 0.2) is 48.5 Å². The van der Waals surface area contributed by atoms with Gasteiger partial charge in [-0.3, -0.25) is 9.59 Å². The van der Waals surface area contributed by atoms with Crippen LogP contribution in [0.2, 0.25) is 0 Å². The lowest BCUT2D eigenvalue weighted by atomic mass is 9.74. The van der Waals surface area contributed by atoms with Crippen LogP contribution >= 0.6 is 0 Å². The van der Waals surface area contributed by atoms with Gasteiger partial charge in [0.1, 0.15) is 5.82 Å². The summed E-state index contributed by atoms with van der Waals surface area (Å²) in [5, 5.41) is 12.5. The smallest absolute Gasteiger partial charge is 0.220 e. The highest BCUT2D eigenvalue weighted by Crippen LogP contribution is 2.41. The first-order valence-corrected chi connectivity index (χ1v) is 8.93. The van der Waals surface area contributed by atoms with E-state index in [-0.39, 0.29) is 42.2 Å². The summed E-state index contributed by atoms with van der Waals surface area (Å²) in [5.41, 5.74) is 2.23. The van der Waals surface area contributed by atoms with Crippen LogP contribution < -0.4 is 5.32 Å². The predicted octanol–water partition coefficient (Wildman–Crippen LogP) is 2.30. The fraction of sp³-hybridized carbons (Fsp3) is 0.333. The van der Waals surface area contributed by atoms with Crippen LogP contribution in [0.25, 0.3) is 11.1 Å². The highest BCUT2D eigenvalue weighted by atomic mass is 19.1. The largest absolute Gasteiger partial charge is 0.394 e. The zero-order chi connectivity index (χ0) is 19.6. The van der Waals surface area contributed by atoms with Crippen molar-refractivity contribution in [3.63, 3.8) is 0 Å². The van der Waals surface area contributed by atoms with E-state index in [1.807, 2.05) is 24.3 Å². The molecule has 0 aromatic heterocycles. The summed E-state index contributed by atoms with van der Waals surface area (Å²) >= 11 is 0. The summed E-state index contributed by atoms with van der Waals surface area (Å²) in [5.74, 6) is -0.683. The molecule has 142 valence electrons. The van der Waals surface area contributed by atoms with Gasteiger partial charge in [-0.05, 0) is 17.2 Å². The minimum absolute atomic E-state index is 0.0968. The van der Waals surface area contributed by atoms with Crippen molar-refractivity contribution in [1.29, 1.82) is 0 Å². The summed E-state index contributed by atoms with van der Waals surface area (Å²) in [6.45, 7) is 3.06. The minimum atomic E-state index is -0.333. The second kappa shape index (κ2) is 7.88. The van der Waals surface area contributed by atoms with Crippen LogP contribution in [0, 0.1) is 5.82 Å². The standard InChI is InChI=1S/C21H23FN2O3/c1-13(26)23-11-19-21(20(12-25)24(19)14(2)27)16-9-7-15(8-10-16)17-5-3-4-6-18(17)22/h3-10,19-21,25H,11-12H2,1-2H3,(H,23,26)/t19-,20+,21+/m0/s1. The summed E-state index contributed by atoms with van der Waals surface area (Å²) < 4.78 is 14.0. The van der Waals surface area contributed by atoms with Gasteiger partial charge >= 0.3 is 0 Å². The number of likely N-dealkylation sites (tertiary alicyclic amines) is 1. The third kappa shape index (κ3) is 3.71. The fourth-order valence-electron chi connectivity index (χ4n) is 3.91. The number of carbonyl (C=O) groups excluding carboxylic acids is 2. The Morgan fingerprint density at radius 3 is 2.30 bits per heavy atom. The maximum absolute atomic E-state index is 14.0. The van der Waals surface area contributed by atoms with Crippen molar-refractivity contribution >= 4 is 11.8 Å². The second-order valence-corrected chi connectivity index (χ2v) is 6.81. The molecule has 0 radical (unpaired) electrons. The molecule has 0 unspecified atom stereocenters. The molecule has 6 heteroatoms. The van der Waals surface area contributed by atoms with E-state index in [9.17, 15) is 19.1 Å². The lowest BCUT2D eigenvalue weighted by molar-refractivity contribution is -0.148. The van der Waals surface area contributed by atoms with E-state index in [2.05, 4.69) is 5.32 Å². The third-order valence-corrected chi connectivity index (χ3v) is 5.13. The molecule has 27 heavy (non-hydrogen) atoms. The number of carbonyl (C=O) groups is 2. The molecular formula is C21H23FN2O3. The molecule has 0 aliphatic carbocycles. The van der Waals surface area contributed by atoms with Gasteiger partial charge in [-0.25, -0.2) is 4.39 Å². The van der Waals surface area contributed by atoms with Crippen LogP contribution in [0.5, 0.6) is 0 Å². The first-order valence-electron chi connectivity index (χ1n) is 8.93. The Balaban J connectivity index is 1.87. The molecule has 0 saturated carbocycles. The second-order valence-electron chi connectivity index (χ2n) is 6.81. The molecule has 1 fully saturated rings. The van der Waals surface area contributed by atoms with Gasteiger partial charge in [0.15, 0.2) is 0 Å². The topological polar surface area (TPSA) is 69.6 Å². The Morgan fingerprint density at radius 2 is 1.74 bits per heavy atom. The fourth-order valence-corrected chi connectivity index (χ4v) is 3.91. The van der Waals surface area contributed by atoms with Crippen molar-refractivity contribution in [3.8, 4) is 11.1 Å². The maximum Gasteiger partial charge on any atom is 0.220 e. The van der Waals surface area contributed by atoms with Gasteiger partial charge in [-0.1, -0.05) is 42.5 Å². The van der Waals surface area contributed by atoms with Crippen molar-refractivity contribution in [1.82, 2.24) is 10.2 Å². The van der Waals surface area contributed by atoms with Crippen LogP contribution in [-0.2, 0) is 9.59 Å². The van der Waals surface area contributed by atoms with Gasteiger partial charge in [0.05, 0.1) is 18.7 Å². The highest BCUT2D eigenvalue weighted by Gasteiger charge is 2.49. The normalized spacial score (nSPS) is 21.5. The number of nitrogens with one attached hydrogen (secondary N) is 1. The van der Waals surface area contributed by atoms with E-state index in [0.29, 0.717) is 12.1 Å². The quantitative estimate of drug-likeness (QED) is 0.849. The van der Waals surface area contributed by atoms with E-state index < -0.39 is 0 Å². The molecule has 2 aromatic carbocycles. The van der Waals surface area contributed by atoms with Crippen molar-refractivity contribution in [2.24, 2.45) is 0 Å². The molecule has 1 heterocycles. The number of hydrogen-bond acceptors (Lipinski definition) is 3. The van der Waals surface area contributed by atoms with Gasteiger partial charge < -0.3 is 15.3 Å². The summed E-state index contributed by atoms with van der Waals surface area (Å²) in [7, 11) is 0. The van der Waals surface area contributed by atoms with Crippen molar-refractivity contribution < 1.29 is 19.1 Å². The van der Waals surface area contributed by atoms with Crippen molar-refractivity contribution in [2.45, 2.75) is 31.8 Å². The lowest BCUT2D eigenvalue weighted by Gasteiger charge is -2.54. The zero-order valence-corrected chi connectivity index (χ0v) is 15.4. The molecular weight excluding hydrogens is 347 g/mol. The lowest BCUT2D eigenvalue weighted by Crippen LogP contribution is -2.68. The first kappa shape index (κ1) is 19.0. The molecule has 2 aromatic rings. The first-order chi connectivity index (χ1) is 12.9. The molecule has 2 N–H and O–H groups in total. The van der Waals surface area contributed by atoms with E-state index in [1.54, 1.807) is 23.1 Å². The summed E-state index contributed by atoms with van der Waals surface area (Å²) in [6.07, 6.45) is 0. The average Bonchev–Trinajstić information content (AvgIpc) is 2.61. The SMILES string of the molecule is CC(=O)NC[C@H]1[C@@H](c2ccc(-c3ccccc3F)cc2)[C@@H](CO)N1C(C)=O. The van der Waals surface area contributed by atoms with E-state index >= 15 is 0 Å². The van der Waals surface area contributed by atoms with Crippen LogP contribution in [0.3, 0.4) is 0 Å². The van der Waals surface area contributed by atoms with Crippen LogP contribution in [0.4, 0.5) is 4.39 Å². The van der Waals surface area contributed by atoms with Gasteiger partial charge in [0.2, 0.25) is 11.8 Å². The van der Waals surface area contributed by atoms with Crippen LogP contribution in [-0.4, -0.2) is 47.1 Å². The van der Waals surface area contributed by atoms with Gasteiger partial charge in [0, 0.05) is 31.9 Å². The Morgan fingerprint density at radius 1 is 1.07 bits per heavy atom. The molecule has 1 aliphatic rings. The van der Waals surface area contributed by atoms with E-state index in [1.165, 1.54) is 19.9 Å². The van der Waals surface area contributed by atoms with Gasteiger partial charge in [-0.2, -0.15) is 0 Å². The Kier molecular flexibility index (Phi) is 5.56. The molecule has 5 nitrogen and oxygen atoms in total. The van der Waals surface area contributed by atoms with Gasteiger partial charge in [-0.15, -0.1) is 0 Å². The number of amides is 2. The average molecular weight is 370 g/mol. The number of aliphatic hydroxyl groups excluding tert-OH is 1. The molecule has 0 bridgehead atoms. The maximum atomic E-state index is 14.0. The van der Waals surface area contributed by atoms with E-state index in [0.717, 1.165) is 11.1 Å². The Bertz CT molecular complexity index is 838. The predicted molar refractivity (Wildman–Crippen MR) is 100 cm³/mol. The monoisotopic (exact) mass is 370 g/mol. The molecule has 1 saturated heterocycles. The summed E-state index contributed by atoms with van der Waals surface area (Å²) in [4.78, 5) is 24.9. The highest BCUT2D eigenvalue weighted by molar-refractivity contribution is 5.77. The molecule has 3 rings (SSSR count). The Labute approximate surface area is 157 Å². The number of nitrogens with zero attached hydrogens (tertiary/aromatic N) is 1. The van der Waals surface area contributed by atoms with Gasteiger partial charge in [0.25, 0.3) is 0 Å². The number of aliphatic hydroxyl groups is 1.